The molecule has 0 amide bonds. The first-order valence-electron chi connectivity index (χ1n) is 4.28. The maximum Gasteiger partial charge on any atom is 0.360 e. The molecule has 1 N–H and O–H groups in total. The molecule has 0 aliphatic rings. The van der Waals surface area contributed by atoms with E-state index in [1.54, 1.807) is 0 Å². The highest BCUT2D eigenvalue weighted by Crippen LogP contribution is 2.24. The number of nitrogens with zero attached hydrogens (tertiary/aromatic N) is 1. The Balaban J connectivity index is 3.17. The standard InChI is InChI=1S/C10H10ClNO4/c1-15-10(14)9(12-16-2)6-3-4-8(13)7(11)5-6/h3-5,13H,1-2H3/b12-9+. The molecule has 5 nitrogen and oxygen atoms in total. The van der Waals surface area contributed by atoms with E-state index in [0.717, 1.165) is 0 Å². The summed E-state index contributed by atoms with van der Waals surface area (Å²) in [5.41, 5.74) is 0.378. The van der Waals surface area contributed by atoms with Gasteiger partial charge < -0.3 is 14.7 Å². The Kier molecular flexibility index (Phi) is 4.13. The number of benzene rings is 1. The predicted molar refractivity (Wildman–Crippen MR) is 58.7 cm³/mol. The summed E-state index contributed by atoms with van der Waals surface area (Å²) in [6.07, 6.45) is 0. The summed E-state index contributed by atoms with van der Waals surface area (Å²) in [4.78, 5) is 15.9. The van der Waals surface area contributed by atoms with Gasteiger partial charge in [0.25, 0.3) is 0 Å². The van der Waals surface area contributed by atoms with Crippen LogP contribution in [0.2, 0.25) is 5.02 Å². The average molecular weight is 244 g/mol. The van der Waals surface area contributed by atoms with Gasteiger partial charge in [0.15, 0.2) is 5.71 Å². The quantitative estimate of drug-likeness (QED) is 0.497. The molecule has 6 heteroatoms. The number of carbonyl (C=O) groups is 1. The monoisotopic (exact) mass is 243 g/mol. The first kappa shape index (κ1) is 12.3. The van der Waals surface area contributed by atoms with E-state index in [4.69, 9.17) is 11.6 Å². The number of carbonyl (C=O) groups excluding carboxylic acids is 1. The minimum absolute atomic E-state index is 0.0214. The minimum Gasteiger partial charge on any atom is -0.506 e. The second kappa shape index (κ2) is 5.37. The lowest BCUT2D eigenvalue weighted by Gasteiger charge is -2.04. The Morgan fingerprint density at radius 2 is 2.12 bits per heavy atom. The highest BCUT2D eigenvalue weighted by molar-refractivity contribution is 6.43. The van der Waals surface area contributed by atoms with E-state index < -0.39 is 5.97 Å². The van der Waals surface area contributed by atoms with E-state index in [-0.39, 0.29) is 16.5 Å². The molecule has 0 atom stereocenters. The minimum atomic E-state index is -0.649. The SMILES string of the molecule is CO/N=C(/C(=O)OC)c1ccc(O)c(Cl)c1. The summed E-state index contributed by atoms with van der Waals surface area (Å²) in [6, 6.07) is 4.23. The third-order valence-electron chi connectivity index (χ3n) is 1.78. The fourth-order valence-electron chi connectivity index (χ4n) is 1.05. The van der Waals surface area contributed by atoms with Crippen molar-refractivity contribution in [2.75, 3.05) is 14.2 Å². The Morgan fingerprint density at radius 1 is 1.44 bits per heavy atom. The summed E-state index contributed by atoms with van der Waals surface area (Å²) in [6.45, 7) is 0. The van der Waals surface area contributed by atoms with Crippen molar-refractivity contribution in [3.05, 3.63) is 28.8 Å². The normalized spacial score (nSPS) is 11.1. The molecular formula is C10H10ClNO4. The molecule has 0 bridgehead atoms. The van der Waals surface area contributed by atoms with Crippen LogP contribution in [0, 0.1) is 0 Å². The summed E-state index contributed by atoms with van der Waals surface area (Å²) in [5.74, 6) is -0.726. The van der Waals surface area contributed by atoms with Gasteiger partial charge in [0.05, 0.1) is 12.1 Å². The van der Waals surface area contributed by atoms with Crippen molar-refractivity contribution in [1.29, 1.82) is 0 Å². The molecule has 0 saturated carbocycles. The number of ether oxygens (including phenoxy) is 1. The van der Waals surface area contributed by atoms with Gasteiger partial charge in [0.2, 0.25) is 0 Å². The molecule has 0 aliphatic carbocycles. The first-order chi connectivity index (χ1) is 7.60. The van der Waals surface area contributed by atoms with Crippen molar-refractivity contribution in [3.63, 3.8) is 0 Å². The van der Waals surface area contributed by atoms with Gasteiger partial charge in [-0.05, 0) is 18.2 Å². The van der Waals surface area contributed by atoms with E-state index >= 15 is 0 Å². The third-order valence-corrected chi connectivity index (χ3v) is 2.09. The molecule has 0 radical (unpaired) electrons. The van der Waals surface area contributed by atoms with E-state index in [1.807, 2.05) is 0 Å². The van der Waals surface area contributed by atoms with Crippen LogP contribution in [0.5, 0.6) is 5.75 Å². The zero-order chi connectivity index (χ0) is 12.1. The molecule has 1 aromatic rings. The predicted octanol–water partition coefficient (Wildman–Crippen LogP) is 1.57. The molecule has 0 heterocycles. The molecule has 0 unspecified atom stereocenters. The van der Waals surface area contributed by atoms with Gasteiger partial charge in [-0.3, -0.25) is 0 Å². The number of halogens is 1. The molecule has 0 aliphatic heterocycles. The molecule has 0 saturated heterocycles. The topological polar surface area (TPSA) is 68.1 Å². The third kappa shape index (κ3) is 2.64. The number of hydrogen-bond donors (Lipinski definition) is 1. The zero-order valence-corrected chi connectivity index (χ0v) is 9.49. The number of rotatable bonds is 3. The van der Waals surface area contributed by atoms with Crippen molar-refractivity contribution in [1.82, 2.24) is 0 Å². The Labute approximate surface area is 97.2 Å². The van der Waals surface area contributed by atoms with Crippen LogP contribution >= 0.6 is 11.6 Å². The Hall–Kier alpha value is -1.75. The van der Waals surface area contributed by atoms with Crippen LogP contribution < -0.4 is 0 Å². The first-order valence-corrected chi connectivity index (χ1v) is 4.66. The van der Waals surface area contributed by atoms with Crippen molar-refractivity contribution < 1.29 is 19.5 Å². The highest BCUT2D eigenvalue weighted by atomic mass is 35.5. The van der Waals surface area contributed by atoms with Crippen LogP contribution in [0.15, 0.2) is 23.4 Å². The smallest absolute Gasteiger partial charge is 0.360 e. The van der Waals surface area contributed by atoms with Crippen LogP contribution in [0.1, 0.15) is 5.56 Å². The highest BCUT2D eigenvalue weighted by Gasteiger charge is 2.16. The molecule has 1 aromatic carbocycles. The average Bonchev–Trinajstić information content (AvgIpc) is 2.29. The number of phenols is 1. The lowest BCUT2D eigenvalue weighted by atomic mass is 10.1. The molecule has 86 valence electrons. The molecule has 0 fully saturated rings. The van der Waals surface area contributed by atoms with Crippen molar-refractivity contribution in [2.45, 2.75) is 0 Å². The largest absolute Gasteiger partial charge is 0.506 e. The van der Waals surface area contributed by atoms with Crippen LogP contribution in [0.4, 0.5) is 0 Å². The second-order valence-corrected chi connectivity index (χ2v) is 3.19. The summed E-state index contributed by atoms with van der Waals surface area (Å²) in [7, 11) is 2.54. The van der Waals surface area contributed by atoms with Gasteiger partial charge in [-0.2, -0.15) is 0 Å². The van der Waals surface area contributed by atoms with Gasteiger partial charge in [-0.25, -0.2) is 4.79 Å². The molecule has 0 spiro atoms. The van der Waals surface area contributed by atoms with Gasteiger partial charge in [-0.15, -0.1) is 0 Å². The van der Waals surface area contributed by atoms with Crippen molar-refractivity contribution in [3.8, 4) is 5.75 Å². The Morgan fingerprint density at radius 3 is 2.62 bits per heavy atom. The van der Waals surface area contributed by atoms with E-state index in [1.165, 1.54) is 32.4 Å². The summed E-state index contributed by atoms with van der Waals surface area (Å²) in [5, 5.41) is 12.9. The van der Waals surface area contributed by atoms with Crippen LogP contribution in [-0.2, 0) is 14.4 Å². The molecule has 0 aromatic heterocycles. The maximum absolute atomic E-state index is 11.4. The van der Waals surface area contributed by atoms with E-state index in [9.17, 15) is 9.90 Å². The van der Waals surface area contributed by atoms with E-state index in [0.29, 0.717) is 5.56 Å². The van der Waals surface area contributed by atoms with Crippen LogP contribution in [0.25, 0.3) is 0 Å². The number of esters is 1. The van der Waals surface area contributed by atoms with Crippen molar-refractivity contribution >= 4 is 23.3 Å². The summed E-state index contributed by atoms with van der Waals surface area (Å²) >= 11 is 5.71. The van der Waals surface area contributed by atoms with Gasteiger partial charge in [-0.1, -0.05) is 16.8 Å². The number of oxime groups is 1. The number of methoxy groups -OCH3 is 1. The number of phenolic OH excluding ortho intramolecular Hbond substituents is 1. The fourth-order valence-corrected chi connectivity index (χ4v) is 1.23. The van der Waals surface area contributed by atoms with Gasteiger partial charge >= 0.3 is 5.97 Å². The number of aromatic hydroxyl groups is 1. The van der Waals surface area contributed by atoms with Crippen LogP contribution in [-0.4, -0.2) is 31.0 Å². The lowest BCUT2D eigenvalue weighted by Crippen LogP contribution is -2.17. The second-order valence-electron chi connectivity index (χ2n) is 2.78. The van der Waals surface area contributed by atoms with E-state index in [2.05, 4.69) is 14.7 Å². The van der Waals surface area contributed by atoms with Crippen molar-refractivity contribution in [2.24, 2.45) is 5.16 Å². The fraction of sp³-hybridized carbons (Fsp3) is 0.200. The summed E-state index contributed by atoms with van der Waals surface area (Å²) < 4.78 is 4.53. The van der Waals surface area contributed by atoms with Gasteiger partial charge in [0.1, 0.15) is 12.9 Å². The zero-order valence-electron chi connectivity index (χ0n) is 8.73. The molecular weight excluding hydrogens is 234 g/mol. The maximum atomic E-state index is 11.4. The van der Waals surface area contributed by atoms with Gasteiger partial charge in [0, 0.05) is 5.56 Å². The lowest BCUT2D eigenvalue weighted by molar-refractivity contribution is -0.132. The molecule has 1 rings (SSSR count). The Bertz CT molecular complexity index is 431. The van der Waals surface area contributed by atoms with Crippen LogP contribution in [0.3, 0.4) is 0 Å². The molecule has 16 heavy (non-hydrogen) atoms. The number of hydrogen-bond acceptors (Lipinski definition) is 5.